The third kappa shape index (κ3) is 1.79. The predicted octanol–water partition coefficient (Wildman–Crippen LogP) is 2.04. The second-order valence-electron chi connectivity index (χ2n) is 3.06. The van der Waals surface area contributed by atoms with E-state index in [1.165, 1.54) is 10.9 Å². The van der Waals surface area contributed by atoms with Crippen molar-refractivity contribution in [2.24, 2.45) is 0 Å². The summed E-state index contributed by atoms with van der Waals surface area (Å²) in [5, 5.41) is 21.9. The van der Waals surface area contributed by atoms with Gasteiger partial charge in [-0.25, -0.2) is 9.48 Å². The van der Waals surface area contributed by atoms with Gasteiger partial charge in [-0.05, 0) is 28.1 Å². The number of carboxylic acid groups (broad SMARTS) is 1. The largest absolute Gasteiger partial charge is 0.504 e. The molecule has 1 aromatic heterocycles. The molecule has 82 valence electrons. The number of hydrogen-bond acceptors (Lipinski definition) is 3. The lowest BCUT2D eigenvalue weighted by Crippen LogP contribution is -2.01. The Labute approximate surface area is 99.1 Å². The zero-order valence-corrected chi connectivity index (χ0v) is 9.55. The normalized spacial score (nSPS) is 10.3. The number of aromatic hydroxyl groups is 1. The number of carboxylic acids is 1. The molecular formula is C10H7BrN2O3. The maximum absolute atomic E-state index is 10.7. The van der Waals surface area contributed by atoms with Crippen LogP contribution < -0.4 is 0 Å². The van der Waals surface area contributed by atoms with Crippen LogP contribution in [0.1, 0.15) is 10.5 Å². The maximum atomic E-state index is 10.7. The molecule has 1 aromatic carbocycles. The number of para-hydroxylation sites is 1. The zero-order chi connectivity index (χ0) is 11.7. The van der Waals surface area contributed by atoms with Gasteiger partial charge in [0.2, 0.25) is 5.69 Å². The molecule has 0 saturated carbocycles. The molecule has 0 amide bonds. The quantitative estimate of drug-likeness (QED) is 0.884. The zero-order valence-electron chi connectivity index (χ0n) is 7.96. The van der Waals surface area contributed by atoms with E-state index < -0.39 is 5.97 Å². The molecule has 0 unspecified atom stereocenters. The summed E-state index contributed by atoms with van der Waals surface area (Å²) in [6, 6.07) is 7.17. The molecule has 0 radical (unpaired) electrons. The summed E-state index contributed by atoms with van der Waals surface area (Å²) in [5.41, 5.74) is 0.293. The number of benzene rings is 1. The van der Waals surface area contributed by atoms with Crippen molar-refractivity contribution in [3.05, 3.63) is 40.6 Å². The van der Waals surface area contributed by atoms with Crippen molar-refractivity contribution in [3.63, 3.8) is 0 Å². The average Bonchev–Trinajstić information content (AvgIpc) is 2.61. The number of nitrogens with zero attached hydrogens (tertiary/aromatic N) is 2. The van der Waals surface area contributed by atoms with Gasteiger partial charge >= 0.3 is 5.97 Å². The summed E-state index contributed by atoms with van der Waals surface area (Å²) in [5.74, 6) is -1.62. The topological polar surface area (TPSA) is 75.3 Å². The van der Waals surface area contributed by atoms with Gasteiger partial charge in [0.25, 0.3) is 0 Å². The fraction of sp³-hybridized carbons (Fsp3) is 0. The highest BCUT2D eigenvalue weighted by atomic mass is 79.9. The standard InChI is InChI=1S/C10H7BrN2O3/c11-6-3-1-2-4-7(6)13-5-8(14)9(12-13)10(15)16/h1-5,14H,(H,15,16). The van der Waals surface area contributed by atoms with E-state index in [2.05, 4.69) is 21.0 Å². The van der Waals surface area contributed by atoms with Crippen LogP contribution in [0.25, 0.3) is 5.69 Å². The minimum atomic E-state index is -1.26. The molecule has 2 aromatic rings. The lowest BCUT2D eigenvalue weighted by molar-refractivity contribution is 0.0687. The molecular weight excluding hydrogens is 276 g/mol. The van der Waals surface area contributed by atoms with Crippen molar-refractivity contribution in [2.45, 2.75) is 0 Å². The van der Waals surface area contributed by atoms with E-state index in [0.29, 0.717) is 5.69 Å². The van der Waals surface area contributed by atoms with Crippen molar-refractivity contribution in [2.75, 3.05) is 0 Å². The van der Waals surface area contributed by atoms with Crippen LogP contribution in [0.4, 0.5) is 0 Å². The van der Waals surface area contributed by atoms with Gasteiger partial charge in [-0.1, -0.05) is 12.1 Å². The molecule has 0 aliphatic heterocycles. The van der Waals surface area contributed by atoms with Crippen LogP contribution in [-0.2, 0) is 0 Å². The van der Waals surface area contributed by atoms with Gasteiger partial charge in [0.15, 0.2) is 5.75 Å². The second kappa shape index (κ2) is 3.97. The number of carbonyl (C=O) groups is 1. The molecule has 0 spiro atoms. The minimum Gasteiger partial charge on any atom is -0.504 e. The SMILES string of the molecule is O=C(O)c1nn(-c2ccccc2Br)cc1O. The molecule has 2 N–H and O–H groups in total. The van der Waals surface area contributed by atoms with Crippen molar-refractivity contribution in [3.8, 4) is 11.4 Å². The van der Waals surface area contributed by atoms with E-state index >= 15 is 0 Å². The van der Waals surface area contributed by atoms with Crippen molar-refractivity contribution in [1.82, 2.24) is 9.78 Å². The Kier molecular flexibility index (Phi) is 2.66. The third-order valence-electron chi connectivity index (χ3n) is 2.00. The van der Waals surface area contributed by atoms with E-state index in [4.69, 9.17) is 5.11 Å². The molecule has 0 fully saturated rings. The van der Waals surface area contributed by atoms with E-state index in [1.54, 1.807) is 18.2 Å². The van der Waals surface area contributed by atoms with E-state index in [-0.39, 0.29) is 11.4 Å². The van der Waals surface area contributed by atoms with Crippen LogP contribution >= 0.6 is 15.9 Å². The van der Waals surface area contributed by atoms with Gasteiger partial charge in [-0.2, -0.15) is 5.10 Å². The van der Waals surface area contributed by atoms with Crippen LogP contribution in [0.2, 0.25) is 0 Å². The highest BCUT2D eigenvalue weighted by Gasteiger charge is 2.16. The Balaban J connectivity index is 2.54. The number of rotatable bonds is 2. The Morgan fingerprint density at radius 2 is 2.06 bits per heavy atom. The van der Waals surface area contributed by atoms with Crippen LogP contribution in [0.5, 0.6) is 5.75 Å². The predicted molar refractivity (Wildman–Crippen MR) is 59.9 cm³/mol. The molecule has 0 atom stereocenters. The minimum absolute atomic E-state index is 0.358. The fourth-order valence-electron chi connectivity index (χ4n) is 1.28. The number of aromatic carboxylic acids is 1. The summed E-state index contributed by atoms with van der Waals surface area (Å²) >= 11 is 3.31. The summed E-state index contributed by atoms with van der Waals surface area (Å²) in [6.45, 7) is 0. The van der Waals surface area contributed by atoms with Crippen LogP contribution in [-0.4, -0.2) is 26.0 Å². The second-order valence-corrected chi connectivity index (χ2v) is 3.92. The molecule has 2 rings (SSSR count). The third-order valence-corrected chi connectivity index (χ3v) is 2.67. The maximum Gasteiger partial charge on any atom is 0.360 e. The number of aromatic nitrogens is 2. The van der Waals surface area contributed by atoms with Crippen LogP contribution in [0, 0.1) is 0 Å². The molecule has 6 heteroatoms. The number of halogens is 1. The molecule has 0 aliphatic rings. The molecule has 0 bridgehead atoms. The summed E-state index contributed by atoms with van der Waals surface area (Å²) in [6.07, 6.45) is 1.25. The monoisotopic (exact) mass is 282 g/mol. The summed E-state index contributed by atoms with van der Waals surface area (Å²) in [7, 11) is 0. The summed E-state index contributed by atoms with van der Waals surface area (Å²) < 4.78 is 2.07. The first-order valence-corrected chi connectivity index (χ1v) is 5.15. The highest BCUT2D eigenvalue weighted by Crippen LogP contribution is 2.23. The molecule has 1 heterocycles. The van der Waals surface area contributed by atoms with Gasteiger partial charge in [-0.15, -0.1) is 0 Å². The Morgan fingerprint density at radius 1 is 1.38 bits per heavy atom. The van der Waals surface area contributed by atoms with E-state index in [9.17, 15) is 9.90 Å². The first-order chi connectivity index (χ1) is 7.59. The molecule has 0 aliphatic carbocycles. The molecule has 16 heavy (non-hydrogen) atoms. The number of hydrogen-bond donors (Lipinski definition) is 2. The highest BCUT2D eigenvalue weighted by molar-refractivity contribution is 9.10. The first-order valence-electron chi connectivity index (χ1n) is 4.36. The van der Waals surface area contributed by atoms with E-state index in [1.807, 2.05) is 6.07 Å². The Hall–Kier alpha value is -1.82. The van der Waals surface area contributed by atoms with Gasteiger partial charge in [0.05, 0.1) is 11.9 Å². The lowest BCUT2D eigenvalue weighted by Gasteiger charge is -2.02. The fourth-order valence-corrected chi connectivity index (χ4v) is 1.74. The van der Waals surface area contributed by atoms with Crippen molar-refractivity contribution >= 4 is 21.9 Å². The van der Waals surface area contributed by atoms with Crippen LogP contribution in [0.3, 0.4) is 0 Å². The molecule has 0 saturated heterocycles. The van der Waals surface area contributed by atoms with Gasteiger partial charge in [0, 0.05) is 4.47 Å². The van der Waals surface area contributed by atoms with Crippen LogP contribution in [0.15, 0.2) is 34.9 Å². The van der Waals surface area contributed by atoms with Gasteiger partial charge in [0.1, 0.15) is 0 Å². The van der Waals surface area contributed by atoms with Crippen molar-refractivity contribution in [1.29, 1.82) is 0 Å². The van der Waals surface area contributed by atoms with Gasteiger partial charge in [-0.3, -0.25) is 0 Å². The average molecular weight is 283 g/mol. The lowest BCUT2D eigenvalue weighted by atomic mass is 10.3. The Bertz CT molecular complexity index is 551. The van der Waals surface area contributed by atoms with Crippen molar-refractivity contribution < 1.29 is 15.0 Å². The molecule has 5 nitrogen and oxygen atoms in total. The van der Waals surface area contributed by atoms with Gasteiger partial charge < -0.3 is 10.2 Å². The summed E-state index contributed by atoms with van der Waals surface area (Å²) in [4.78, 5) is 10.7. The Morgan fingerprint density at radius 3 is 2.62 bits per heavy atom. The first kappa shape index (κ1) is 10.7. The van der Waals surface area contributed by atoms with E-state index in [0.717, 1.165) is 4.47 Å². The smallest absolute Gasteiger partial charge is 0.360 e.